The highest BCUT2D eigenvalue weighted by Crippen LogP contribution is 2.18. The predicted molar refractivity (Wildman–Crippen MR) is 91.3 cm³/mol. The molecule has 1 fully saturated rings. The molecule has 23 heavy (non-hydrogen) atoms. The minimum atomic E-state index is -0.460. The molecule has 1 unspecified atom stereocenters. The van der Waals surface area contributed by atoms with E-state index in [2.05, 4.69) is 10.6 Å². The summed E-state index contributed by atoms with van der Waals surface area (Å²) >= 11 is 0. The molecule has 0 aromatic heterocycles. The van der Waals surface area contributed by atoms with Gasteiger partial charge in [-0.15, -0.1) is 0 Å². The molecule has 2 amide bonds. The maximum Gasteiger partial charge on any atom is 0.410 e. The SMILES string of the molecule is CNC(=O)C(C)(C)CNC1CCCN(C(=O)OC(C)(C)C)CC1. The first-order valence-corrected chi connectivity index (χ1v) is 8.48. The molecule has 0 saturated carbocycles. The number of nitrogens with zero attached hydrogens (tertiary/aromatic N) is 1. The Morgan fingerprint density at radius 3 is 2.35 bits per heavy atom. The lowest BCUT2D eigenvalue weighted by Crippen LogP contribution is -2.45. The molecular weight excluding hydrogens is 294 g/mol. The minimum Gasteiger partial charge on any atom is -0.444 e. The number of nitrogens with one attached hydrogen (secondary N) is 2. The highest BCUT2D eigenvalue weighted by atomic mass is 16.6. The average molecular weight is 327 g/mol. The third-order valence-electron chi connectivity index (χ3n) is 4.05. The Morgan fingerprint density at radius 2 is 1.78 bits per heavy atom. The molecule has 134 valence electrons. The molecule has 6 heteroatoms. The van der Waals surface area contributed by atoms with Gasteiger partial charge in [-0.3, -0.25) is 4.79 Å². The zero-order valence-corrected chi connectivity index (χ0v) is 15.5. The van der Waals surface area contributed by atoms with Gasteiger partial charge in [0, 0.05) is 32.7 Å². The first kappa shape index (κ1) is 19.7. The standard InChI is InChI=1S/C17H33N3O3/c1-16(2,3)23-15(22)20-10-7-8-13(9-11-20)19-12-17(4,5)14(21)18-6/h13,19H,7-12H2,1-6H3,(H,18,21). The zero-order chi connectivity index (χ0) is 17.7. The van der Waals surface area contributed by atoms with Crippen molar-refractivity contribution in [1.29, 1.82) is 0 Å². The van der Waals surface area contributed by atoms with Gasteiger partial charge >= 0.3 is 6.09 Å². The van der Waals surface area contributed by atoms with Crippen molar-refractivity contribution in [2.45, 2.75) is 65.5 Å². The van der Waals surface area contributed by atoms with E-state index < -0.39 is 11.0 Å². The van der Waals surface area contributed by atoms with Gasteiger partial charge in [-0.1, -0.05) is 0 Å². The normalized spacial score (nSPS) is 19.9. The van der Waals surface area contributed by atoms with E-state index in [1.54, 1.807) is 11.9 Å². The van der Waals surface area contributed by atoms with Crippen LogP contribution in [0.2, 0.25) is 0 Å². The number of rotatable bonds is 4. The molecule has 0 spiro atoms. The Hall–Kier alpha value is -1.30. The first-order chi connectivity index (χ1) is 10.5. The third kappa shape index (κ3) is 6.77. The smallest absolute Gasteiger partial charge is 0.410 e. The van der Waals surface area contributed by atoms with Crippen LogP contribution in [0.1, 0.15) is 53.9 Å². The average Bonchev–Trinajstić information content (AvgIpc) is 2.68. The molecule has 0 bridgehead atoms. The molecule has 0 aliphatic carbocycles. The van der Waals surface area contributed by atoms with E-state index in [1.807, 2.05) is 34.6 Å². The van der Waals surface area contributed by atoms with Crippen molar-refractivity contribution in [2.75, 3.05) is 26.7 Å². The van der Waals surface area contributed by atoms with Crippen molar-refractivity contribution in [1.82, 2.24) is 15.5 Å². The molecule has 1 aliphatic heterocycles. The number of likely N-dealkylation sites (tertiary alicyclic amines) is 1. The number of carbonyl (C=O) groups excluding carboxylic acids is 2. The molecule has 1 atom stereocenters. The largest absolute Gasteiger partial charge is 0.444 e. The summed E-state index contributed by atoms with van der Waals surface area (Å²) < 4.78 is 5.44. The van der Waals surface area contributed by atoms with Gasteiger partial charge in [0.1, 0.15) is 5.60 Å². The number of ether oxygens (including phenoxy) is 1. The van der Waals surface area contributed by atoms with Crippen molar-refractivity contribution in [3.05, 3.63) is 0 Å². The molecule has 1 rings (SSSR count). The van der Waals surface area contributed by atoms with Gasteiger partial charge in [0.15, 0.2) is 0 Å². The molecule has 1 saturated heterocycles. The summed E-state index contributed by atoms with van der Waals surface area (Å²) in [5, 5.41) is 6.19. The maximum atomic E-state index is 12.1. The lowest BCUT2D eigenvalue weighted by molar-refractivity contribution is -0.128. The van der Waals surface area contributed by atoms with Crippen LogP contribution in [0.5, 0.6) is 0 Å². The van der Waals surface area contributed by atoms with Crippen LogP contribution in [0, 0.1) is 5.41 Å². The van der Waals surface area contributed by atoms with Crippen LogP contribution >= 0.6 is 0 Å². The molecule has 6 nitrogen and oxygen atoms in total. The van der Waals surface area contributed by atoms with E-state index >= 15 is 0 Å². The molecule has 1 heterocycles. The van der Waals surface area contributed by atoms with Gasteiger partial charge in [0.25, 0.3) is 0 Å². The highest BCUT2D eigenvalue weighted by molar-refractivity contribution is 5.81. The second kappa shape index (κ2) is 7.99. The Kier molecular flexibility index (Phi) is 6.86. The zero-order valence-electron chi connectivity index (χ0n) is 15.5. The van der Waals surface area contributed by atoms with Gasteiger partial charge in [0.2, 0.25) is 5.91 Å². The van der Waals surface area contributed by atoms with E-state index in [0.29, 0.717) is 19.1 Å². The molecule has 0 aromatic carbocycles. The Balaban J connectivity index is 2.47. The first-order valence-electron chi connectivity index (χ1n) is 8.48. The van der Waals surface area contributed by atoms with Gasteiger partial charge in [-0.25, -0.2) is 4.79 Å². The van der Waals surface area contributed by atoms with Gasteiger partial charge in [-0.2, -0.15) is 0 Å². The van der Waals surface area contributed by atoms with Crippen molar-refractivity contribution in [3.8, 4) is 0 Å². The summed E-state index contributed by atoms with van der Waals surface area (Å²) in [5.41, 5.74) is -0.898. The monoisotopic (exact) mass is 327 g/mol. The van der Waals surface area contributed by atoms with Crippen molar-refractivity contribution < 1.29 is 14.3 Å². The number of hydrogen-bond donors (Lipinski definition) is 2. The highest BCUT2D eigenvalue weighted by Gasteiger charge is 2.29. The number of amides is 2. The van der Waals surface area contributed by atoms with E-state index in [4.69, 9.17) is 4.74 Å². The maximum absolute atomic E-state index is 12.1. The van der Waals surface area contributed by atoms with Gasteiger partial charge in [0.05, 0.1) is 5.41 Å². The summed E-state index contributed by atoms with van der Waals surface area (Å²) in [5.74, 6) is 0.0361. The van der Waals surface area contributed by atoms with Crippen LogP contribution in [0.4, 0.5) is 4.79 Å². The summed E-state index contributed by atoms with van der Waals surface area (Å²) in [6, 6.07) is 0.325. The summed E-state index contributed by atoms with van der Waals surface area (Å²) in [4.78, 5) is 25.8. The van der Waals surface area contributed by atoms with Crippen molar-refractivity contribution >= 4 is 12.0 Å². The van der Waals surface area contributed by atoms with E-state index in [-0.39, 0.29) is 12.0 Å². The molecule has 0 aromatic rings. The van der Waals surface area contributed by atoms with Crippen LogP contribution in [0.3, 0.4) is 0 Å². The summed E-state index contributed by atoms with van der Waals surface area (Å²) in [7, 11) is 1.66. The minimum absolute atomic E-state index is 0.0361. The second-order valence-electron chi connectivity index (χ2n) is 7.94. The molecule has 0 radical (unpaired) electrons. The van der Waals surface area contributed by atoms with Crippen molar-refractivity contribution in [2.24, 2.45) is 5.41 Å². The number of hydrogen-bond acceptors (Lipinski definition) is 4. The third-order valence-corrected chi connectivity index (χ3v) is 4.05. The van der Waals surface area contributed by atoms with E-state index in [0.717, 1.165) is 25.8 Å². The fourth-order valence-corrected chi connectivity index (χ4v) is 2.63. The van der Waals surface area contributed by atoms with Gasteiger partial charge < -0.3 is 20.3 Å². The lowest BCUT2D eigenvalue weighted by Gasteiger charge is -2.27. The van der Waals surface area contributed by atoms with Crippen LogP contribution in [0.25, 0.3) is 0 Å². The summed E-state index contributed by atoms with van der Waals surface area (Å²) in [6.07, 6.45) is 2.59. The van der Waals surface area contributed by atoms with E-state index in [9.17, 15) is 9.59 Å². The van der Waals surface area contributed by atoms with Crippen LogP contribution in [0.15, 0.2) is 0 Å². The van der Waals surface area contributed by atoms with Crippen LogP contribution in [-0.4, -0.2) is 55.2 Å². The lowest BCUT2D eigenvalue weighted by atomic mass is 9.91. The van der Waals surface area contributed by atoms with Crippen LogP contribution in [-0.2, 0) is 9.53 Å². The predicted octanol–water partition coefficient (Wildman–Crippen LogP) is 2.14. The molecular formula is C17H33N3O3. The van der Waals surface area contributed by atoms with E-state index in [1.165, 1.54) is 0 Å². The molecule has 1 aliphatic rings. The Labute approximate surface area is 140 Å². The number of carbonyl (C=O) groups is 2. The Morgan fingerprint density at radius 1 is 1.13 bits per heavy atom. The quantitative estimate of drug-likeness (QED) is 0.830. The van der Waals surface area contributed by atoms with Crippen LogP contribution < -0.4 is 10.6 Å². The van der Waals surface area contributed by atoms with Crippen molar-refractivity contribution in [3.63, 3.8) is 0 Å². The second-order valence-corrected chi connectivity index (χ2v) is 7.94. The Bertz CT molecular complexity index is 416. The fourth-order valence-electron chi connectivity index (χ4n) is 2.63. The summed E-state index contributed by atoms with van der Waals surface area (Å²) in [6.45, 7) is 11.6. The molecule has 2 N–H and O–H groups in total. The fraction of sp³-hybridized carbons (Fsp3) is 0.882. The van der Waals surface area contributed by atoms with Gasteiger partial charge in [-0.05, 0) is 53.9 Å². The topological polar surface area (TPSA) is 70.7 Å².